The highest BCUT2D eigenvalue weighted by Gasteiger charge is 2.10. The first-order valence-corrected chi connectivity index (χ1v) is 11.8. The average molecular weight is 497 g/mol. The molecule has 2 aromatic heterocycles. The van der Waals surface area contributed by atoms with Gasteiger partial charge in [0.05, 0.1) is 11.7 Å². The van der Waals surface area contributed by atoms with Crippen molar-refractivity contribution in [3.8, 4) is 11.5 Å². The van der Waals surface area contributed by atoms with Gasteiger partial charge < -0.3 is 20.7 Å². The summed E-state index contributed by atoms with van der Waals surface area (Å²) in [6.07, 6.45) is 5.20. The van der Waals surface area contributed by atoms with Crippen LogP contribution < -0.4 is 20.7 Å². The normalized spacial score (nSPS) is 10.5. The van der Waals surface area contributed by atoms with E-state index in [1.54, 1.807) is 12.3 Å². The van der Waals surface area contributed by atoms with E-state index >= 15 is 0 Å². The van der Waals surface area contributed by atoms with E-state index < -0.39 is 0 Å². The number of nitrogens with zero attached hydrogens (tertiary/aromatic N) is 3. The first-order valence-electron chi connectivity index (χ1n) is 11.8. The van der Waals surface area contributed by atoms with Gasteiger partial charge in [-0.25, -0.2) is 9.97 Å². The molecule has 0 fully saturated rings. The Balaban J connectivity index is 1.44. The zero-order valence-corrected chi connectivity index (χ0v) is 20.7. The number of benzene rings is 2. The Hall–Kier alpha value is -4.79. The van der Waals surface area contributed by atoms with E-state index in [0.717, 1.165) is 33.6 Å². The average Bonchev–Trinajstić information content (AvgIpc) is 2.89. The van der Waals surface area contributed by atoms with Crippen LogP contribution in [0.2, 0.25) is 0 Å². The standard InChI is InChI=1S/C28H28N6O3/c1-4-26(35)29-13-5-6-27(36)33-21-8-11-24-23(15-21)28(32-17-31-24)34-20-9-12-25(18(2)14-20)37-22-10-7-19(3)30-16-22/h4,7-12,14-17H,1,5-6,13H2,2-3H3,(H,29,35)(H,33,36)(H,31,32,34). The number of fused-ring (bicyclic) bond motifs is 1. The topological polar surface area (TPSA) is 118 Å². The number of hydrogen-bond acceptors (Lipinski definition) is 7. The molecule has 2 amide bonds. The fourth-order valence-corrected chi connectivity index (χ4v) is 3.61. The molecule has 0 aliphatic rings. The molecule has 9 heteroatoms. The van der Waals surface area contributed by atoms with Crippen molar-refractivity contribution in [1.29, 1.82) is 0 Å². The van der Waals surface area contributed by atoms with Gasteiger partial charge >= 0.3 is 0 Å². The van der Waals surface area contributed by atoms with Crippen molar-refractivity contribution in [2.24, 2.45) is 0 Å². The van der Waals surface area contributed by atoms with Gasteiger partial charge in [0, 0.05) is 35.4 Å². The Morgan fingerprint density at radius 1 is 1.00 bits per heavy atom. The van der Waals surface area contributed by atoms with Gasteiger partial charge in [0.25, 0.3) is 0 Å². The van der Waals surface area contributed by atoms with E-state index in [-0.39, 0.29) is 18.2 Å². The Morgan fingerprint density at radius 3 is 2.59 bits per heavy atom. The zero-order valence-electron chi connectivity index (χ0n) is 20.7. The summed E-state index contributed by atoms with van der Waals surface area (Å²) >= 11 is 0. The van der Waals surface area contributed by atoms with Crippen molar-refractivity contribution >= 4 is 39.9 Å². The largest absolute Gasteiger partial charge is 0.455 e. The van der Waals surface area contributed by atoms with Gasteiger partial charge in [0.1, 0.15) is 23.6 Å². The Kier molecular flexibility index (Phi) is 8.05. The summed E-state index contributed by atoms with van der Waals surface area (Å²) in [5, 5.41) is 9.66. The summed E-state index contributed by atoms with van der Waals surface area (Å²) in [5.74, 6) is 1.62. The predicted octanol–water partition coefficient (Wildman–Crippen LogP) is 5.20. The molecule has 4 aromatic rings. The molecular weight excluding hydrogens is 468 g/mol. The number of rotatable bonds is 10. The third-order valence-electron chi connectivity index (χ3n) is 5.53. The highest BCUT2D eigenvalue weighted by molar-refractivity contribution is 5.97. The fraction of sp³-hybridized carbons (Fsp3) is 0.179. The third kappa shape index (κ3) is 6.88. The van der Waals surface area contributed by atoms with Crippen molar-refractivity contribution in [3.63, 3.8) is 0 Å². The molecule has 0 radical (unpaired) electrons. The number of carbonyl (C=O) groups is 2. The molecule has 2 aromatic carbocycles. The molecule has 0 unspecified atom stereocenters. The molecule has 0 atom stereocenters. The fourth-order valence-electron chi connectivity index (χ4n) is 3.61. The Bertz CT molecular complexity index is 1440. The first-order chi connectivity index (χ1) is 17.9. The van der Waals surface area contributed by atoms with Gasteiger partial charge in [-0.3, -0.25) is 14.6 Å². The van der Waals surface area contributed by atoms with Crippen LogP contribution >= 0.6 is 0 Å². The molecule has 0 saturated carbocycles. The second-order valence-corrected chi connectivity index (χ2v) is 8.44. The van der Waals surface area contributed by atoms with Crippen LogP contribution in [-0.2, 0) is 9.59 Å². The summed E-state index contributed by atoms with van der Waals surface area (Å²) in [5.41, 5.74) is 4.09. The van der Waals surface area contributed by atoms with Crippen molar-refractivity contribution < 1.29 is 14.3 Å². The number of hydrogen-bond donors (Lipinski definition) is 3. The molecule has 0 bridgehead atoms. The number of pyridine rings is 1. The highest BCUT2D eigenvalue weighted by Crippen LogP contribution is 2.30. The maximum Gasteiger partial charge on any atom is 0.243 e. The lowest BCUT2D eigenvalue weighted by Gasteiger charge is -2.13. The second kappa shape index (κ2) is 11.8. The minimum atomic E-state index is -0.254. The van der Waals surface area contributed by atoms with Gasteiger partial charge in [0.15, 0.2) is 0 Å². The summed E-state index contributed by atoms with van der Waals surface area (Å²) in [7, 11) is 0. The molecule has 37 heavy (non-hydrogen) atoms. The van der Waals surface area contributed by atoms with E-state index in [4.69, 9.17) is 4.74 Å². The smallest absolute Gasteiger partial charge is 0.243 e. The molecule has 0 saturated heterocycles. The van der Waals surface area contributed by atoms with Crippen LogP contribution in [0.5, 0.6) is 11.5 Å². The lowest BCUT2D eigenvalue weighted by atomic mass is 10.1. The number of nitrogens with one attached hydrogen (secondary N) is 3. The van der Waals surface area contributed by atoms with E-state index in [9.17, 15) is 9.59 Å². The molecule has 3 N–H and O–H groups in total. The highest BCUT2D eigenvalue weighted by atomic mass is 16.5. The van der Waals surface area contributed by atoms with E-state index in [1.807, 2.05) is 56.3 Å². The number of amides is 2. The predicted molar refractivity (Wildman–Crippen MR) is 144 cm³/mol. The van der Waals surface area contributed by atoms with Crippen LogP contribution in [0.1, 0.15) is 24.1 Å². The van der Waals surface area contributed by atoms with Crippen LogP contribution in [0, 0.1) is 13.8 Å². The number of carbonyl (C=O) groups excluding carboxylic acids is 2. The minimum Gasteiger partial charge on any atom is -0.455 e. The monoisotopic (exact) mass is 496 g/mol. The zero-order chi connectivity index (χ0) is 26.2. The van der Waals surface area contributed by atoms with Crippen molar-refractivity contribution in [2.75, 3.05) is 17.2 Å². The molecule has 0 aliphatic carbocycles. The molecule has 9 nitrogen and oxygen atoms in total. The quantitative estimate of drug-likeness (QED) is 0.204. The SMILES string of the molecule is C=CC(=O)NCCCC(=O)Nc1ccc2ncnc(Nc3ccc(Oc4ccc(C)nc4)c(C)c3)c2c1. The van der Waals surface area contributed by atoms with Crippen LogP contribution in [0.25, 0.3) is 10.9 Å². The first kappa shape index (κ1) is 25.3. The van der Waals surface area contributed by atoms with Crippen molar-refractivity contribution in [1.82, 2.24) is 20.3 Å². The van der Waals surface area contributed by atoms with E-state index in [0.29, 0.717) is 30.2 Å². The van der Waals surface area contributed by atoms with Crippen molar-refractivity contribution in [3.05, 3.63) is 85.0 Å². The molecule has 2 heterocycles. The number of aromatic nitrogens is 3. The third-order valence-corrected chi connectivity index (χ3v) is 5.53. The van der Waals surface area contributed by atoms with Crippen LogP contribution in [-0.4, -0.2) is 33.3 Å². The van der Waals surface area contributed by atoms with Gasteiger partial charge in [0.2, 0.25) is 11.8 Å². The maximum absolute atomic E-state index is 12.3. The van der Waals surface area contributed by atoms with Crippen LogP contribution in [0.4, 0.5) is 17.2 Å². The number of aryl methyl sites for hydroxylation is 2. The summed E-state index contributed by atoms with van der Waals surface area (Å²) in [6.45, 7) is 7.70. The second-order valence-electron chi connectivity index (χ2n) is 8.44. The lowest BCUT2D eigenvalue weighted by Crippen LogP contribution is -2.23. The van der Waals surface area contributed by atoms with Gasteiger partial charge in [-0.2, -0.15) is 0 Å². The number of anilines is 3. The summed E-state index contributed by atoms with van der Waals surface area (Å²) in [4.78, 5) is 36.6. The maximum atomic E-state index is 12.3. The molecule has 188 valence electrons. The van der Waals surface area contributed by atoms with E-state index in [2.05, 4.69) is 37.5 Å². The van der Waals surface area contributed by atoms with Crippen molar-refractivity contribution in [2.45, 2.75) is 26.7 Å². The number of ether oxygens (including phenoxy) is 1. The van der Waals surface area contributed by atoms with Gasteiger partial charge in [-0.05, 0) is 80.4 Å². The Labute approximate surface area is 215 Å². The lowest BCUT2D eigenvalue weighted by molar-refractivity contribution is -0.118. The van der Waals surface area contributed by atoms with Crippen LogP contribution in [0.3, 0.4) is 0 Å². The van der Waals surface area contributed by atoms with Gasteiger partial charge in [-0.1, -0.05) is 6.58 Å². The minimum absolute atomic E-state index is 0.145. The molecule has 0 aliphatic heterocycles. The van der Waals surface area contributed by atoms with Crippen LogP contribution in [0.15, 0.2) is 73.7 Å². The van der Waals surface area contributed by atoms with Gasteiger partial charge in [-0.15, -0.1) is 0 Å². The van der Waals surface area contributed by atoms with E-state index in [1.165, 1.54) is 12.4 Å². The summed E-state index contributed by atoms with van der Waals surface area (Å²) < 4.78 is 5.96. The Morgan fingerprint density at radius 2 is 1.84 bits per heavy atom. The summed E-state index contributed by atoms with van der Waals surface area (Å²) in [6, 6.07) is 15.0. The molecule has 4 rings (SSSR count). The molecular formula is C28H28N6O3. The molecule has 0 spiro atoms.